The summed E-state index contributed by atoms with van der Waals surface area (Å²) in [5, 5.41) is 7.61. The number of anilines is 1. The average Bonchev–Trinajstić information content (AvgIpc) is 3.02. The summed E-state index contributed by atoms with van der Waals surface area (Å²) in [6, 6.07) is 2.20. The van der Waals surface area contributed by atoms with Gasteiger partial charge in [-0.25, -0.2) is 4.98 Å². The molecule has 0 saturated heterocycles. The Hall–Kier alpha value is -1.82. The fourth-order valence-corrected chi connectivity index (χ4v) is 1.96. The number of ether oxygens (including phenoxy) is 1. The maximum Gasteiger partial charge on any atom is 0.203 e. The SMILES string of the molecule is COCCCn1ccnc1NC(C)Cn1cccn1. The summed E-state index contributed by atoms with van der Waals surface area (Å²) in [4.78, 5) is 4.35. The number of nitrogens with zero attached hydrogens (tertiary/aromatic N) is 4. The van der Waals surface area contributed by atoms with Crippen molar-refractivity contribution < 1.29 is 4.74 Å². The number of hydrogen-bond acceptors (Lipinski definition) is 4. The van der Waals surface area contributed by atoms with Crippen LogP contribution in [-0.2, 0) is 17.8 Å². The van der Waals surface area contributed by atoms with Gasteiger partial charge in [0.2, 0.25) is 5.95 Å². The molecule has 1 N–H and O–H groups in total. The first-order valence-corrected chi connectivity index (χ1v) is 6.53. The Morgan fingerprint density at radius 2 is 2.26 bits per heavy atom. The number of aryl methyl sites for hydroxylation is 1. The number of aromatic nitrogens is 4. The zero-order valence-corrected chi connectivity index (χ0v) is 11.5. The van der Waals surface area contributed by atoms with E-state index >= 15 is 0 Å². The lowest BCUT2D eigenvalue weighted by molar-refractivity contribution is 0.190. The number of methoxy groups -OCH3 is 1. The molecular weight excluding hydrogens is 242 g/mol. The van der Waals surface area contributed by atoms with Crippen molar-refractivity contribution >= 4 is 5.95 Å². The molecule has 0 bridgehead atoms. The van der Waals surface area contributed by atoms with Crippen LogP contribution in [0.4, 0.5) is 5.95 Å². The Labute approximate surface area is 113 Å². The van der Waals surface area contributed by atoms with E-state index in [1.165, 1.54) is 0 Å². The second-order valence-corrected chi connectivity index (χ2v) is 4.56. The fourth-order valence-electron chi connectivity index (χ4n) is 1.96. The first kappa shape index (κ1) is 13.6. The molecule has 0 amide bonds. The Bertz CT molecular complexity index is 465. The standard InChI is InChI=1S/C13H21N5O/c1-12(11-18-8-3-5-15-18)16-13-14-6-9-17(13)7-4-10-19-2/h3,5-6,8-9,12H,4,7,10-11H2,1-2H3,(H,14,16). The molecule has 0 aliphatic heterocycles. The summed E-state index contributed by atoms with van der Waals surface area (Å²) in [6.07, 6.45) is 8.53. The summed E-state index contributed by atoms with van der Waals surface area (Å²) < 4.78 is 9.09. The fraction of sp³-hybridized carbons (Fsp3) is 0.538. The van der Waals surface area contributed by atoms with Gasteiger partial charge in [-0.15, -0.1) is 0 Å². The molecule has 2 aromatic heterocycles. The number of nitrogens with one attached hydrogen (secondary N) is 1. The minimum absolute atomic E-state index is 0.267. The first-order valence-electron chi connectivity index (χ1n) is 6.53. The third kappa shape index (κ3) is 4.10. The normalized spacial score (nSPS) is 12.5. The molecule has 0 saturated carbocycles. The van der Waals surface area contributed by atoms with Gasteiger partial charge in [-0.05, 0) is 19.4 Å². The van der Waals surface area contributed by atoms with Crippen molar-refractivity contribution in [2.45, 2.75) is 32.5 Å². The van der Waals surface area contributed by atoms with Gasteiger partial charge in [0.25, 0.3) is 0 Å². The molecule has 0 aliphatic carbocycles. The summed E-state index contributed by atoms with van der Waals surface area (Å²) in [5.74, 6) is 0.899. The van der Waals surface area contributed by atoms with Gasteiger partial charge in [0.1, 0.15) is 0 Å². The van der Waals surface area contributed by atoms with Crippen LogP contribution in [-0.4, -0.2) is 39.1 Å². The average molecular weight is 263 g/mol. The molecule has 6 nitrogen and oxygen atoms in total. The molecule has 0 aliphatic rings. The van der Waals surface area contributed by atoms with Crippen molar-refractivity contribution in [3.05, 3.63) is 30.9 Å². The highest BCUT2D eigenvalue weighted by Crippen LogP contribution is 2.08. The number of hydrogen-bond donors (Lipinski definition) is 1. The largest absolute Gasteiger partial charge is 0.385 e. The quantitative estimate of drug-likeness (QED) is 0.735. The molecule has 104 valence electrons. The van der Waals surface area contributed by atoms with E-state index in [0.717, 1.165) is 32.1 Å². The van der Waals surface area contributed by atoms with E-state index in [1.807, 2.05) is 29.3 Å². The molecule has 6 heteroatoms. The molecule has 19 heavy (non-hydrogen) atoms. The minimum Gasteiger partial charge on any atom is -0.385 e. The van der Waals surface area contributed by atoms with Crippen LogP contribution < -0.4 is 5.32 Å². The first-order chi connectivity index (χ1) is 9.29. The van der Waals surface area contributed by atoms with Crippen molar-refractivity contribution in [3.8, 4) is 0 Å². The third-order valence-electron chi connectivity index (χ3n) is 2.86. The van der Waals surface area contributed by atoms with Crippen LogP contribution in [0.25, 0.3) is 0 Å². The third-order valence-corrected chi connectivity index (χ3v) is 2.86. The zero-order valence-electron chi connectivity index (χ0n) is 11.5. The molecule has 2 aromatic rings. The van der Waals surface area contributed by atoms with Gasteiger partial charge in [-0.1, -0.05) is 0 Å². The van der Waals surface area contributed by atoms with Gasteiger partial charge >= 0.3 is 0 Å². The molecule has 1 unspecified atom stereocenters. The summed E-state index contributed by atoms with van der Waals surface area (Å²) >= 11 is 0. The lowest BCUT2D eigenvalue weighted by atomic mass is 10.3. The van der Waals surface area contributed by atoms with Crippen LogP contribution in [0.3, 0.4) is 0 Å². The maximum absolute atomic E-state index is 5.07. The Morgan fingerprint density at radius 1 is 1.37 bits per heavy atom. The summed E-state index contributed by atoms with van der Waals surface area (Å²) in [5.41, 5.74) is 0. The van der Waals surface area contributed by atoms with Gasteiger partial charge in [0.05, 0.1) is 6.54 Å². The van der Waals surface area contributed by atoms with Gasteiger partial charge in [-0.2, -0.15) is 5.10 Å². The summed E-state index contributed by atoms with van der Waals surface area (Å²) in [7, 11) is 1.72. The van der Waals surface area contributed by atoms with Crippen LogP contribution in [0.2, 0.25) is 0 Å². The van der Waals surface area contributed by atoms with Crippen molar-refractivity contribution in [1.29, 1.82) is 0 Å². The van der Waals surface area contributed by atoms with Crippen molar-refractivity contribution in [2.75, 3.05) is 19.0 Å². The highest BCUT2D eigenvalue weighted by atomic mass is 16.5. The molecule has 0 fully saturated rings. The van der Waals surface area contributed by atoms with Crippen molar-refractivity contribution in [1.82, 2.24) is 19.3 Å². The minimum atomic E-state index is 0.267. The number of imidazole rings is 1. The molecule has 1 atom stereocenters. The van der Waals surface area contributed by atoms with Gasteiger partial charge in [-0.3, -0.25) is 4.68 Å². The van der Waals surface area contributed by atoms with E-state index in [1.54, 1.807) is 13.3 Å². The van der Waals surface area contributed by atoms with E-state index in [0.29, 0.717) is 0 Å². The lowest BCUT2D eigenvalue weighted by Gasteiger charge is -2.16. The molecule has 0 spiro atoms. The van der Waals surface area contributed by atoms with E-state index in [-0.39, 0.29) is 6.04 Å². The van der Waals surface area contributed by atoms with E-state index in [9.17, 15) is 0 Å². The second kappa shape index (κ2) is 6.94. The van der Waals surface area contributed by atoms with Crippen LogP contribution >= 0.6 is 0 Å². The van der Waals surface area contributed by atoms with Gasteiger partial charge in [0.15, 0.2) is 0 Å². The molecular formula is C13H21N5O. The highest BCUT2D eigenvalue weighted by Gasteiger charge is 2.07. The Morgan fingerprint density at radius 3 is 3.00 bits per heavy atom. The van der Waals surface area contributed by atoms with Crippen LogP contribution in [0, 0.1) is 0 Å². The van der Waals surface area contributed by atoms with Gasteiger partial charge < -0.3 is 14.6 Å². The Balaban J connectivity index is 1.86. The molecule has 2 heterocycles. The monoisotopic (exact) mass is 263 g/mol. The predicted molar refractivity (Wildman–Crippen MR) is 74.0 cm³/mol. The lowest BCUT2D eigenvalue weighted by Crippen LogP contribution is -2.24. The summed E-state index contributed by atoms with van der Waals surface area (Å²) in [6.45, 7) is 4.61. The smallest absolute Gasteiger partial charge is 0.203 e. The molecule has 2 rings (SSSR count). The van der Waals surface area contributed by atoms with Crippen LogP contribution in [0.15, 0.2) is 30.9 Å². The van der Waals surface area contributed by atoms with Crippen molar-refractivity contribution in [2.24, 2.45) is 0 Å². The molecule has 0 radical (unpaired) electrons. The van der Waals surface area contributed by atoms with E-state index in [2.05, 4.69) is 26.9 Å². The van der Waals surface area contributed by atoms with Gasteiger partial charge in [0, 0.05) is 51.1 Å². The highest BCUT2D eigenvalue weighted by molar-refractivity contribution is 5.27. The van der Waals surface area contributed by atoms with Crippen LogP contribution in [0.5, 0.6) is 0 Å². The predicted octanol–water partition coefficient (Wildman–Crippen LogP) is 1.62. The van der Waals surface area contributed by atoms with Crippen LogP contribution in [0.1, 0.15) is 13.3 Å². The number of rotatable bonds is 8. The zero-order chi connectivity index (χ0) is 13.5. The topological polar surface area (TPSA) is 56.9 Å². The molecule has 0 aromatic carbocycles. The van der Waals surface area contributed by atoms with Crippen molar-refractivity contribution in [3.63, 3.8) is 0 Å². The van der Waals surface area contributed by atoms with E-state index in [4.69, 9.17) is 4.74 Å². The Kier molecular flexibility index (Phi) is 4.97. The second-order valence-electron chi connectivity index (χ2n) is 4.56. The maximum atomic E-state index is 5.07. The van der Waals surface area contributed by atoms with E-state index < -0.39 is 0 Å².